The molecule has 2 rings (SSSR count). The highest BCUT2D eigenvalue weighted by atomic mass is 79.9. The number of carbonyl (C=O) groups excluding carboxylic acids is 1. The molecule has 92 valence electrons. The molecule has 0 atom stereocenters. The number of para-hydroxylation sites is 1. The summed E-state index contributed by atoms with van der Waals surface area (Å²) in [6, 6.07) is 5.55. The van der Waals surface area contributed by atoms with Crippen molar-refractivity contribution < 1.29 is 9.53 Å². The highest BCUT2D eigenvalue weighted by Gasteiger charge is 2.18. The zero-order chi connectivity index (χ0) is 12.3. The van der Waals surface area contributed by atoms with Crippen LogP contribution in [0.4, 0.5) is 5.69 Å². The Bertz CT molecular complexity index is 417. The molecule has 1 amide bonds. The maximum atomic E-state index is 12.0. The van der Waals surface area contributed by atoms with Crippen LogP contribution in [-0.4, -0.2) is 25.2 Å². The number of amides is 1. The van der Waals surface area contributed by atoms with Crippen molar-refractivity contribution in [3.8, 4) is 0 Å². The number of rotatable bonds is 2. The van der Waals surface area contributed by atoms with E-state index in [1.54, 1.807) is 12.1 Å². The maximum absolute atomic E-state index is 12.0. The lowest BCUT2D eigenvalue weighted by molar-refractivity contribution is 0.0697. The lowest BCUT2D eigenvalue weighted by atomic mass is 10.1. The van der Waals surface area contributed by atoms with Gasteiger partial charge in [-0.2, -0.15) is 0 Å². The van der Waals surface area contributed by atoms with Gasteiger partial charge >= 0.3 is 0 Å². The van der Waals surface area contributed by atoms with E-state index in [9.17, 15) is 4.79 Å². The molecular formula is C12H15BrN2O2. The van der Waals surface area contributed by atoms with Crippen LogP contribution in [0.3, 0.4) is 0 Å². The molecule has 1 aliphatic heterocycles. The van der Waals surface area contributed by atoms with E-state index in [1.165, 1.54) is 0 Å². The first-order chi connectivity index (χ1) is 8.18. The molecule has 0 unspecified atom stereocenters. The minimum absolute atomic E-state index is 0.115. The van der Waals surface area contributed by atoms with Crippen LogP contribution in [0.15, 0.2) is 22.7 Å². The van der Waals surface area contributed by atoms with Crippen molar-refractivity contribution in [1.29, 1.82) is 0 Å². The first kappa shape index (κ1) is 12.4. The molecule has 0 aromatic heterocycles. The first-order valence-corrected chi connectivity index (χ1v) is 6.40. The monoisotopic (exact) mass is 298 g/mol. The van der Waals surface area contributed by atoms with Crippen LogP contribution in [0.5, 0.6) is 0 Å². The van der Waals surface area contributed by atoms with Gasteiger partial charge in [-0.15, -0.1) is 0 Å². The number of nitrogens with two attached hydrogens (primary N) is 1. The summed E-state index contributed by atoms with van der Waals surface area (Å²) in [6.45, 7) is 1.41. The molecule has 0 saturated carbocycles. The number of nitrogens with one attached hydrogen (secondary N) is 1. The average molecular weight is 299 g/mol. The molecule has 1 aromatic carbocycles. The van der Waals surface area contributed by atoms with Crippen molar-refractivity contribution in [2.45, 2.75) is 18.9 Å². The lowest BCUT2D eigenvalue weighted by Crippen LogP contribution is -2.39. The maximum Gasteiger partial charge on any atom is 0.253 e. The molecule has 3 N–H and O–H groups in total. The summed E-state index contributed by atoms with van der Waals surface area (Å²) in [4.78, 5) is 12.0. The van der Waals surface area contributed by atoms with E-state index in [1.807, 2.05) is 6.07 Å². The van der Waals surface area contributed by atoms with Crippen molar-refractivity contribution in [3.63, 3.8) is 0 Å². The van der Waals surface area contributed by atoms with Gasteiger partial charge in [0.2, 0.25) is 0 Å². The molecule has 1 saturated heterocycles. The van der Waals surface area contributed by atoms with Crippen LogP contribution in [0, 0.1) is 0 Å². The fourth-order valence-electron chi connectivity index (χ4n) is 1.84. The lowest BCUT2D eigenvalue weighted by Gasteiger charge is -2.23. The third-order valence-corrected chi connectivity index (χ3v) is 3.55. The van der Waals surface area contributed by atoms with Gasteiger partial charge in [-0.25, -0.2) is 0 Å². The van der Waals surface area contributed by atoms with E-state index in [4.69, 9.17) is 10.5 Å². The van der Waals surface area contributed by atoms with Gasteiger partial charge in [-0.1, -0.05) is 6.07 Å². The first-order valence-electron chi connectivity index (χ1n) is 5.61. The van der Waals surface area contributed by atoms with Gasteiger partial charge in [0.1, 0.15) is 0 Å². The minimum Gasteiger partial charge on any atom is -0.397 e. The van der Waals surface area contributed by atoms with Crippen molar-refractivity contribution in [2.24, 2.45) is 0 Å². The molecule has 1 fully saturated rings. The molecule has 4 nitrogen and oxygen atoms in total. The topological polar surface area (TPSA) is 64.4 Å². The van der Waals surface area contributed by atoms with Gasteiger partial charge in [-0.05, 0) is 40.9 Å². The third kappa shape index (κ3) is 2.98. The number of carbonyl (C=O) groups is 1. The summed E-state index contributed by atoms with van der Waals surface area (Å²) in [7, 11) is 0. The number of hydrogen-bond acceptors (Lipinski definition) is 3. The third-order valence-electron chi connectivity index (χ3n) is 2.85. The summed E-state index contributed by atoms with van der Waals surface area (Å²) in [6.07, 6.45) is 1.72. The Labute approximate surface area is 109 Å². The molecular weight excluding hydrogens is 284 g/mol. The molecule has 17 heavy (non-hydrogen) atoms. The Morgan fingerprint density at radius 1 is 1.41 bits per heavy atom. The molecule has 0 aliphatic carbocycles. The number of halogens is 1. The number of hydrogen-bond donors (Lipinski definition) is 2. The molecule has 1 heterocycles. The van der Waals surface area contributed by atoms with Gasteiger partial charge in [0, 0.05) is 23.7 Å². The Balaban J connectivity index is 2.06. The number of nitrogen functional groups attached to an aromatic ring is 1. The zero-order valence-electron chi connectivity index (χ0n) is 9.41. The van der Waals surface area contributed by atoms with Crippen molar-refractivity contribution in [1.82, 2.24) is 5.32 Å². The Morgan fingerprint density at radius 3 is 2.82 bits per heavy atom. The molecule has 1 aliphatic rings. The fourth-order valence-corrected chi connectivity index (χ4v) is 2.21. The minimum atomic E-state index is -0.115. The van der Waals surface area contributed by atoms with E-state index < -0.39 is 0 Å². The molecule has 5 heteroatoms. The average Bonchev–Trinajstić information content (AvgIpc) is 2.34. The summed E-state index contributed by atoms with van der Waals surface area (Å²) in [5.41, 5.74) is 6.86. The predicted molar refractivity (Wildman–Crippen MR) is 69.9 cm³/mol. The Hall–Kier alpha value is -1.07. The van der Waals surface area contributed by atoms with Crippen LogP contribution < -0.4 is 11.1 Å². The quantitative estimate of drug-likeness (QED) is 0.820. The van der Waals surface area contributed by atoms with E-state index in [0.29, 0.717) is 24.5 Å². The van der Waals surface area contributed by atoms with Crippen molar-refractivity contribution in [3.05, 3.63) is 28.2 Å². The Morgan fingerprint density at radius 2 is 2.12 bits per heavy atom. The van der Waals surface area contributed by atoms with Crippen LogP contribution in [0.2, 0.25) is 0 Å². The van der Waals surface area contributed by atoms with Crippen LogP contribution >= 0.6 is 15.9 Å². The van der Waals surface area contributed by atoms with Crippen molar-refractivity contribution >= 4 is 27.5 Å². The molecule has 0 spiro atoms. The van der Waals surface area contributed by atoms with Crippen LogP contribution in [-0.2, 0) is 4.74 Å². The molecule has 1 aromatic rings. The standard InChI is InChI=1S/C12H15BrN2O2/c13-10-3-1-2-9(11(10)14)12(16)15-8-4-6-17-7-5-8/h1-3,8H,4-7,14H2,(H,15,16). The van der Waals surface area contributed by atoms with Gasteiger partial charge in [0.15, 0.2) is 0 Å². The second-order valence-corrected chi connectivity index (χ2v) is 4.92. The van der Waals surface area contributed by atoms with Crippen LogP contribution in [0.25, 0.3) is 0 Å². The SMILES string of the molecule is Nc1c(Br)cccc1C(=O)NC1CCOCC1. The number of anilines is 1. The van der Waals surface area contributed by atoms with E-state index in [0.717, 1.165) is 17.3 Å². The normalized spacial score (nSPS) is 16.8. The molecule has 0 radical (unpaired) electrons. The Kier molecular flexibility index (Phi) is 4.02. The van der Waals surface area contributed by atoms with Gasteiger partial charge < -0.3 is 15.8 Å². The van der Waals surface area contributed by atoms with Gasteiger partial charge in [0.05, 0.1) is 11.3 Å². The van der Waals surface area contributed by atoms with E-state index in [-0.39, 0.29) is 11.9 Å². The second-order valence-electron chi connectivity index (χ2n) is 4.06. The van der Waals surface area contributed by atoms with Gasteiger partial charge in [0.25, 0.3) is 5.91 Å². The number of benzene rings is 1. The van der Waals surface area contributed by atoms with Gasteiger partial charge in [-0.3, -0.25) is 4.79 Å². The largest absolute Gasteiger partial charge is 0.397 e. The van der Waals surface area contributed by atoms with Crippen molar-refractivity contribution in [2.75, 3.05) is 18.9 Å². The molecule has 0 bridgehead atoms. The second kappa shape index (κ2) is 5.51. The highest BCUT2D eigenvalue weighted by Crippen LogP contribution is 2.23. The smallest absolute Gasteiger partial charge is 0.253 e. The summed E-state index contributed by atoms with van der Waals surface area (Å²) < 4.78 is 5.99. The fraction of sp³-hybridized carbons (Fsp3) is 0.417. The number of ether oxygens (including phenoxy) is 1. The van der Waals surface area contributed by atoms with E-state index in [2.05, 4.69) is 21.2 Å². The van der Waals surface area contributed by atoms with Crippen LogP contribution in [0.1, 0.15) is 23.2 Å². The summed E-state index contributed by atoms with van der Waals surface area (Å²) in [5, 5.41) is 2.98. The zero-order valence-corrected chi connectivity index (χ0v) is 11.0. The summed E-state index contributed by atoms with van der Waals surface area (Å²) >= 11 is 3.31. The van der Waals surface area contributed by atoms with E-state index >= 15 is 0 Å². The predicted octanol–water partition coefficient (Wildman–Crippen LogP) is 1.94. The summed E-state index contributed by atoms with van der Waals surface area (Å²) in [5.74, 6) is -0.115. The highest BCUT2D eigenvalue weighted by molar-refractivity contribution is 9.10.